The molecule has 4 nitrogen and oxygen atoms in total. The molecule has 0 radical (unpaired) electrons. The number of halogens is 3. The second-order valence-electron chi connectivity index (χ2n) is 5.73. The first-order valence-corrected chi connectivity index (χ1v) is 9.28. The number of hydrogen-bond donors (Lipinski definition) is 3. The van der Waals surface area contributed by atoms with Crippen molar-refractivity contribution >= 4 is 63.7 Å². The van der Waals surface area contributed by atoms with E-state index >= 15 is 0 Å². The zero-order valence-corrected chi connectivity index (χ0v) is 17.2. The number of hydrogen-bond acceptors (Lipinski definition) is 2. The van der Waals surface area contributed by atoms with E-state index in [-0.39, 0.29) is 11.0 Å². The normalized spacial score (nSPS) is 12.2. The third kappa shape index (κ3) is 6.02. The Morgan fingerprint density at radius 3 is 2.27 bits per heavy atom. The predicted molar refractivity (Wildman–Crippen MR) is 113 cm³/mol. The van der Waals surface area contributed by atoms with E-state index < -0.39 is 9.96 Å². The minimum absolute atomic E-state index is 0.224. The van der Waals surface area contributed by atoms with Crippen molar-refractivity contribution in [1.29, 1.82) is 0 Å². The fourth-order valence-corrected chi connectivity index (χ4v) is 2.80. The van der Waals surface area contributed by atoms with Gasteiger partial charge in [-0.25, -0.2) is 0 Å². The van der Waals surface area contributed by atoms with Crippen LogP contribution < -0.4 is 16.0 Å². The molecule has 26 heavy (non-hydrogen) atoms. The van der Waals surface area contributed by atoms with E-state index in [1.54, 1.807) is 24.3 Å². The summed E-state index contributed by atoms with van der Waals surface area (Å²) >= 11 is 23.3. The van der Waals surface area contributed by atoms with Crippen LogP contribution in [0.5, 0.6) is 0 Å². The lowest BCUT2D eigenvalue weighted by Gasteiger charge is -2.28. The lowest BCUT2D eigenvalue weighted by molar-refractivity contribution is 0.0934. The maximum atomic E-state index is 12.3. The van der Waals surface area contributed by atoms with E-state index in [1.807, 2.05) is 38.1 Å². The van der Waals surface area contributed by atoms with Crippen molar-refractivity contribution in [1.82, 2.24) is 10.6 Å². The van der Waals surface area contributed by atoms with Crippen molar-refractivity contribution in [3.8, 4) is 0 Å². The molecule has 1 atom stereocenters. The number of carbonyl (C=O) groups excluding carboxylic acids is 1. The number of alkyl halides is 3. The average molecular weight is 431 g/mol. The molecule has 0 heterocycles. The van der Waals surface area contributed by atoms with Gasteiger partial charge in [-0.2, -0.15) is 0 Å². The van der Waals surface area contributed by atoms with E-state index in [0.29, 0.717) is 5.56 Å². The summed E-state index contributed by atoms with van der Waals surface area (Å²) in [5, 5.41) is 8.75. The summed E-state index contributed by atoms with van der Waals surface area (Å²) in [4.78, 5) is 12.3. The lowest BCUT2D eigenvalue weighted by Crippen LogP contribution is -2.56. The maximum absolute atomic E-state index is 12.3. The van der Waals surface area contributed by atoms with Crippen LogP contribution in [0.3, 0.4) is 0 Å². The Morgan fingerprint density at radius 2 is 1.69 bits per heavy atom. The number of carbonyl (C=O) groups is 1. The molecular weight excluding hydrogens is 413 g/mol. The van der Waals surface area contributed by atoms with Crippen molar-refractivity contribution in [2.45, 2.75) is 23.8 Å². The molecule has 2 aromatic carbocycles. The first-order valence-electron chi connectivity index (χ1n) is 7.74. The summed E-state index contributed by atoms with van der Waals surface area (Å²) in [6.45, 7) is 3.97. The summed E-state index contributed by atoms with van der Waals surface area (Å²) in [6.07, 6.45) is -1.02. The number of anilines is 1. The van der Waals surface area contributed by atoms with Gasteiger partial charge in [-0.1, -0.05) is 70.7 Å². The van der Waals surface area contributed by atoms with Gasteiger partial charge in [0.15, 0.2) is 5.11 Å². The fraction of sp³-hybridized carbons (Fsp3) is 0.222. The highest BCUT2D eigenvalue weighted by Gasteiger charge is 2.34. The molecule has 0 saturated heterocycles. The molecule has 138 valence electrons. The van der Waals surface area contributed by atoms with Crippen LogP contribution >= 0.6 is 47.0 Å². The summed E-state index contributed by atoms with van der Waals surface area (Å²) in [5.74, 6) is -0.385. The van der Waals surface area contributed by atoms with Gasteiger partial charge in [-0.3, -0.25) is 4.79 Å². The van der Waals surface area contributed by atoms with Gasteiger partial charge in [0.05, 0.1) is 0 Å². The van der Waals surface area contributed by atoms with Crippen LogP contribution in [0.2, 0.25) is 0 Å². The van der Waals surface area contributed by atoms with Crippen molar-refractivity contribution in [2.24, 2.45) is 0 Å². The Balaban J connectivity index is 2.07. The SMILES string of the molecule is Cc1ccc(NC(=S)N[C@@H](NC(=O)c2ccccc2)C(Cl)(Cl)Cl)c(C)c1. The third-order valence-corrected chi connectivity index (χ3v) is 4.42. The molecule has 0 spiro atoms. The van der Waals surface area contributed by atoms with E-state index in [9.17, 15) is 4.79 Å². The summed E-state index contributed by atoms with van der Waals surface area (Å²) in [6, 6.07) is 14.5. The molecule has 2 aromatic rings. The van der Waals surface area contributed by atoms with Gasteiger partial charge in [-0.05, 0) is 49.8 Å². The van der Waals surface area contributed by atoms with Gasteiger partial charge in [0.2, 0.25) is 3.79 Å². The molecule has 8 heteroatoms. The Kier molecular flexibility index (Phi) is 7.12. The van der Waals surface area contributed by atoms with Crippen LogP contribution in [0, 0.1) is 13.8 Å². The molecule has 0 aliphatic heterocycles. The third-order valence-electron chi connectivity index (χ3n) is 3.54. The predicted octanol–water partition coefficient (Wildman–Crippen LogP) is 4.72. The molecule has 0 aliphatic rings. The first kappa shape index (κ1) is 20.8. The first-order chi connectivity index (χ1) is 12.2. The van der Waals surface area contributed by atoms with Gasteiger partial charge in [0.1, 0.15) is 6.17 Å². The smallest absolute Gasteiger partial charge is 0.252 e. The maximum Gasteiger partial charge on any atom is 0.252 e. The molecule has 3 N–H and O–H groups in total. The summed E-state index contributed by atoms with van der Waals surface area (Å²) in [7, 11) is 0. The zero-order valence-electron chi connectivity index (χ0n) is 14.1. The lowest BCUT2D eigenvalue weighted by atomic mass is 10.1. The highest BCUT2D eigenvalue weighted by atomic mass is 35.6. The van der Waals surface area contributed by atoms with E-state index in [0.717, 1.165) is 16.8 Å². The Bertz CT molecular complexity index is 794. The minimum atomic E-state index is -1.81. The van der Waals surface area contributed by atoms with Crippen LogP contribution in [0.4, 0.5) is 5.69 Å². The van der Waals surface area contributed by atoms with Crippen LogP contribution in [-0.4, -0.2) is 21.0 Å². The van der Waals surface area contributed by atoms with Crippen LogP contribution in [0.15, 0.2) is 48.5 Å². The standard InChI is InChI=1S/C18H18Cl3N3OS/c1-11-8-9-14(12(2)10-11)22-17(26)24-16(18(19,20)21)23-15(25)13-6-4-3-5-7-13/h3-10,16H,1-2H3,(H,23,25)(H2,22,24,26)/t16-/m1/s1. The van der Waals surface area contributed by atoms with Gasteiger partial charge in [-0.15, -0.1) is 0 Å². The molecule has 1 amide bonds. The number of benzene rings is 2. The van der Waals surface area contributed by atoms with E-state index in [2.05, 4.69) is 16.0 Å². The van der Waals surface area contributed by atoms with E-state index in [4.69, 9.17) is 47.0 Å². The summed E-state index contributed by atoms with van der Waals surface area (Å²) in [5.41, 5.74) is 3.43. The average Bonchev–Trinajstić information content (AvgIpc) is 2.56. The Labute approximate surface area is 173 Å². The monoisotopic (exact) mass is 429 g/mol. The fourth-order valence-electron chi connectivity index (χ4n) is 2.25. The zero-order chi connectivity index (χ0) is 19.3. The molecule has 0 bridgehead atoms. The number of nitrogens with one attached hydrogen (secondary N) is 3. The highest BCUT2D eigenvalue weighted by molar-refractivity contribution is 7.80. The van der Waals surface area contributed by atoms with Gasteiger partial charge < -0.3 is 16.0 Å². The topological polar surface area (TPSA) is 53.2 Å². The summed E-state index contributed by atoms with van der Waals surface area (Å²) < 4.78 is -1.81. The minimum Gasteiger partial charge on any atom is -0.339 e. The number of amides is 1. The molecule has 0 aliphatic carbocycles. The number of aryl methyl sites for hydroxylation is 2. The Morgan fingerprint density at radius 1 is 1.04 bits per heavy atom. The molecular formula is C18H18Cl3N3OS. The van der Waals surface area contributed by atoms with Crippen LogP contribution in [0.1, 0.15) is 21.5 Å². The molecule has 0 aromatic heterocycles. The van der Waals surface area contributed by atoms with Crippen LogP contribution in [0.25, 0.3) is 0 Å². The van der Waals surface area contributed by atoms with Gasteiger partial charge in [0, 0.05) is 11.3 Å². The number of rotatable bonds is 4. The molecule has 2 rings (SSSR count). The second kappa shape index (κ2) is 8.91. The van der Waals surface area contributed by atoms with Crippen molar-refractivity contribution < 1.29 is 4.79 Å². The van der Waals surface area contributed by atoms with Gasteiger partial charge in [0.25, 0.3) is 5.91 Å². The van der Waals surface area contributed by atoms with Crippen molar-refractivity contribution in [2.75, 3.05) is 5.32 Å². The molecule has 0 fully saturated rings. The number of thiocarbonyl (C=S) groups is 1. The Hall–Kier alpha value is -1.53. The molecule has 0 saturated carbocycles. The van der Waals surface area contributed by atoms with Crippen LogP contribution in [-0.2, 0) is 0 Å². The van der Waals surface area contributed by atoms with Crippen molar-refractivity contribution in [3.63, 3.8) is 0 Å². The van der Waals surface area contributed by atoms with Crippen molar-refractivity contribution in [3.05, 3.63) is 65.2 Å². The largest absolute Gasteiger partial charge is 0.339 e. The quantitative estimate of drug-likeness (QED) is 0.373. The molecule has 0 unspecified atom stereocenters. The highest BCUT2D eigenvalue weighted by Crippen LogP contribution is 2.29. The van der Waals surface area contributed by atoms with E-state index in [1.165, 1.54) is 0 Å². The second-order valence-corrected chi connectivity index (χ2v) is 8.51. The van der Waals surface area contributed by atoms with Gasteiger partial charge >= 0.3 is 0 Å².